The van der Waals surface area contributed by atoms with Gasteiger partial charge in [0.25, 0.3) is 5.91 Å². The van der Waals surface area contributed by atoms with Crippen LogP contribution in [0.4, 0.5) is 0 Å². The molecule has 0 aliphatic carbocycles. The lowest BCUT2D eigenvalue weighted by atomic mass is 10.1. The molecule has 2 aromatic rings. The lowest BCUT2D eigenvalue weighted by Crippen LogP contribution is -2.22. The number of nitrogens with one attached hydrogen (secondary N) is 1. The predicted molar refractivity (Wildman–Crippen MR) is 88.9 cm³/mol. The molecule has 0 bridgehead atoms. The van der Waals surface area contributed by atoms with Crippen molar-refractivity contribution in [2.75, 3.05) is 6.61 Å². The van der Waals surface area contributed by atoms with Crippen LogP contribution in [-0.4, -0.2) is 22.3 Å². The van der Waals surface area contributed by atoms with Crippen molar-refractivity contribution >= 4 is 5.91 Å². The standard InChI is InChI=1S/C17H24N4O2/c1-17(2,3)21-11-14(10-20-21)9-19-8-13-4-6-15(7-5-13)23-12-16(18)22/h4-7,10-11,19H,8-9,12H2,1-3H3,(H2,18,22). The highest BCUT2D eigenvalue weighted by molar-refractivity contribution is 5.75. The first-order chi connectivity index (χ1) is 10.8. The molecule has 0 atom stereocenters. The molecule has 0 radical (unpaired) electrons. The summed E-state index contributed by atoms with van der Waals surface area (Å²) in [5.74, 6) is 0.158. The van der Waals surface area contributed by atoms with Crippen molar-refractivity contribution < 1.29 is 9.53 Å². The smallest absolute Gasteiger partial charge is 0.255 e. The first-order valence-electron chi connectivity index (χ1n) is 7.59. The van der Waals surface area contributed by atoms with Crippen LogP contribution < -0.4 is 15.8 Å². The number of hydrogen-bond donors (Lipinski definition) is 2. The molecule has 6 heteroatoms. The van der Waals surface area contributed by atoms with E-state index in [1.807, 2.05) is 35.1 Å². The van der Waals surface area contributed by atoms with E-state index in [0.29, 0.717) is 5.75 Å². The maximum absolute atomic E-state index is 10.7. The Morgan fingerprint density at radius 2 is 1.87 bits per heavy atom. The van der Waals surface area contributed by atoms with Gasteiger partial charge in [0, 0.05) is 24.8 Å². The van der Waals surface area contributed by atoms with Crippen molar-refractivity contribution in [1.29, 1.82) is 0 Å². The van der Waals surface area contributed by atoms with E-state index in [0.717, 1.165) is 24.2 Å². The van der Waals surface area contributed by atoms with E-state index < -0.39 is 5.91 Å². The van der Waals surface area contributed by atoms with Crippen LogP contribution >= 0.6 is 0 Å². The highest BCUT2D eigenvalue weighted by Crippen LogP contribution is 2.14. The Hall–Kier alpha value is -2.34. The third-order valence-electron chi connectivity index (χ3n) is 3.29. The summed E-state index contributed by atoms with van der Waals surface area (Å²) < 4.78 is 7.19. The Labute approximate surface area is 136 Å². The summed E-state index contributed by atoms with van der Waals surface area (Å²) in [7, 11) is 0. The van der Waals surface area contributed by atoms with Gasteiger partial charge in [-0.05, 0) is 38.5 Å². The number of benzene rings is 1. The molecular formula is C17H24N4O2. The Morgan fingerprint density at radius 1 is 1.22 bits per heavy atom. The summed E-state index contributed by atoms with van der Waals surface area (Å²) in [6, 6.07) is 7.58. The first-order valence-corrected chi connectivity index (χ1v) is 7.59. The molecule has 0 fully saturated rings. The van der Waals surface area contributed by atoms with E-state index >= 15 is 0 Å². The largest absolute Gasteiger partial charge is 0.484 e. The number of carbonyl (C=O) groups excluding carboxylic acids is 1. The van der Waals surface area contributed by atoms with Crippen LogP contribution in [0.3, 0.4) is 0 Å². The van der Waals surface area contributed by atoms with Crippen molar-refractivity contribution in [2.45, 2.75) is 39.4 Å². The van der Waals surface area contributed by atoms with Crippen molar-refractivity contribution in [3.05, 3.63) is 47.8 Å². The predicted octanol–water partition coefficient (Wildman–Crippen LogP) is 1.79. The number of nitrogens with two attached hydrogens (primary N) is 1. The van der Waals surface area contributed by atoms with Gasteiger partial charge in [0.05, 0.1) is 11.7 Å². The van der Waals surface area contributed by atoms with E-state index in [2.05, 4.69) is 37.4 Å². The summed E-state index contributed by atoms with van der Waals surface area (Å²) in [6.45, 7) is 7.78. The van der Waals surface area contributed by atoms with Crippen LogP contribution in [-0.2, 0) is 23.4 Å². The summed E-state index contributed by atoms with van der Waals surface area (Å²) in [5.41, 5.74) is 7.33. The molecule has 1 amide bonds. The molecule has 1 heterocycles. The minimum absolute atomic E-state index is 0.000999. The molecule has 0 saturated heterocycles. The molecule has 0 unspecified atom stereocenters. The second-order valence-corrected chi connectivity index (χ2v) is 6.47. The third-order valence-corrected chi connectivity index (χ3v) is 3.29. The zero-order chi connectivity index (χ0) is 16.9. The number of aromatic nitrogens is 2. The van der Waals surface area contributed by atoms with E-state index in [4.69, 9.17) is 10.5 Å². The van der Waals surface area contributed by atoms with Gasteiger partial charge in [-0.25, -0.2) is 0 Å². The van der Waals surface area contributed by atoms with Gasteiger partial charge in [0.1, 0.15) is 5.75 Å². The average molecular weight is 316 g/mol. The zero-order valence-corrected chi connectivity index (χ0v) is 13.9. The molecule has 3 N–H and O–H groups in total. The van der Waals surface area contributed by atoms with Crippen LogP contribution in [0.2, 0.25) is 0 Å². The van der Waals surface area contributed by atoms with Gasteiger partial charge in [0.2, 0.25) is 0 Å². The molecule has 0 aliphatic rings. The molecule has 0 aliphatic heterocycles. The number of nitrogens with zero attached hydrogens (tertiary/aromatic N) is 2. The van der Waals surface area contributed by atoms with E-state index in [-0.39, 0.29) is 12.1 Å². The van der Waals surface area contributed by atoms with Crippen LogP contribution in [0.15, 0.2) is 36.7 Å². The van der Waals surface area contributed by atoms with Gasteiger partial charge in [-0.3, -0.25) is 9.48 Å². The summed E-state index contributed by atoms with van der Waals surface area (Å²) in [5, 5.41) is 7.77. The van der Waals surface area contributed by atoms with Crippen LogP contribution in [0, 0.1) is 0 Å². The van der Waals surface area contributed by atoms with Crippen molar-refractivity contribution in [2.24, 2.45) is 5.73 Å². The van der Waals surface area contributed by atoms with Gasteiger partial charge in [-0.15, -0.1) is 0 Å². The van der Waals surface area contributed by atoms with Gasteiger partial charge in [0.15, 0.2) is 6.61 Å². The number of primary amides is 1. The molecule has 0 spiro atoms. The fourth-order valence-corrected chi connectivity index (χ4v) is 2.03. The number of ether oxygens (including phenoxy) is 1. The Kier molecular flexibility index (Phi) is 5.39. The maximum Gasteiger partial charge on any atom is 0.255 e. The first kappa shape index (κ1) is 17.0. The molecular weight excluding hydrogens is 292 g/mol. The van der Waals surface area contributed by atoms with Gasteiger partial charge >= 0.3 is 0 Å². The number of amides is 1. The van der Waals surface area contributed by atoms with Crippen LogP contribution in [0.5, 0.6) is 5.75 Å². The van der Waals surface area contributed by atoms with Crippen LogP contribution in [0.25, 0.3) is 0 Å². The lowest BCUT2D eigenvalue weighted by molar-refractivity contribution is -0.119. The molecule has 6 nitrogen and oxygen atoms in total. The van der Waals surface area contributed by atoms with Crippen molar-refractivity contribution in [1.82, 2.24) is 15.1 Å². The third kappa shape index (κ3) is 5.41. The SMILES string of the molecule is CC(C)(C)n1cc(CNCc2ccc(OCC(N)=O)cc2)cn1. The molecule has 124 valence electrons. The van der Waals surface area contributed by atoms with E-state index in [9.17, 15) is 4.79 Å². The monoisotopic (exact) mass is 316 g/mol. The van der Waals surface area contributed by atoms with Crippen LogP contribution in [0.1, 0.15) is 31.9 Å². The second kappa shape index (κ2) is 7.28. The van der Waals surface area contributed by atoms with Crippen molar-refractivity contribution in [3.8, 4) is 5.75 Å². The molecule has 23 heavy (non-hydrogen) atoms. The number of rotatable bonds is 7. The number of carbonyl (C=O) groups is 1. The minimum atomic E-state index is -0.480. The highest BCUT2D eigenvalue weighted by Gasteiger charge is 2.13. The van der Waals surface area contributed by atoms with E-state index in [1.165, 1.54) is 0 Å². The van der Waals surface area contributed by atoms with Gasteiger partial charge < -0.3 is 15.8 Å². The Morgan fingerprint density at radius 3 is 2.43 bits per heavy atom. The quantitative estimate of drug-likeness (QED) is 0.816. The Bertz CT molecular complexity index is 641. The summed E-state index contributed by atoms with van der Waals surface area (Å²) >= 11 is 0. The molecule has 0 saturated carbocycles. The van der Waals surface area contributed by atoms with Gasteiger partial charge in [-0.1, -0.05) is 12.1 Å². The van der Waals surface area contributed by atoms with Gasteiger partial charge in [-0.2, -0.15) is 5.10 Å². The minimum Gasteiger partial charge on any atom is -0.484 e. The normalized spacial score (nSPS) is 11.4. The maximum atomic E-state index is 10.7. The fourth-order valence-electron chi connectivity index (χ4n) is 2.03. The topological polar surface area (TPSA) is 82.2 Å². The number of hydrogen-bond acceptors (Lipinski definition) is 4. The lowest BCUT2D eigenvalue weighted by Gasteiger charge is -2.18. The average Bonchev–Trinajstić information content (AvgIpc) is 2.95. The highest BCUT2D eigenvalue weighted by atomic mass is 16.5. The fraction of sp³-hybridized carbons (Fsp3) is 0.412. The summed E-state index contributed by atoms with van der Waals surface area (Å²) in [6.07, 6.45) is 3.95. The zero-order valence-electron chi connectivity index (χ0n) is 13.9. The summed E-state index contributed by atoms with van der Waals surface area (Å²) in [4.78, 5) is 10.7. The molecule has 1 aromatic heterocycles. The molecule has 1 aromatic carbocycles. The molecule has 2 rings (SSSR count). The van der Waals surface area contributed by atoms with E-state index in [1.54, 1.807) is 0 Å². The second-order valence-electron chi connectivity index (χ2n) is 6.47. The Balaban J connectivity index is 1.80. The van der Waals surface area contributed by atoms with Crippen molar-refractivity contribution in [3.63, 3.8) is 0 Å².